The van der Waals surface area contributed by atoms with Crippen LogP contribution >= 0.6 is 0 Å². The lowest BCUT2D eigenvalue weighted by Crippen LogP contribution is -2.19. The number of benzene rings is 1. The summed E-state index contributed by atoms with van der Waals surface area (Å²) in [6.45, 7) is 1.26. The first kappa shape index (κ1) is 9.43. The van der Waals surface area contributed by atoms with Gasteiger partial charge in [0, 0.05) is 25.2 Å². The van der Waals surface area contributed by atoms with Crippen LogP contribution in [0.5, 0.6) is 0 Å². The van der Waals surface area contributed by atoms with Gasteiger partial charge in [0.2, 0.25) is 0 Å². The van der Waals surface area contributed by atoms with Gasteiger partial charge in [0.1, 0.15) is 5.82 Å². The second-order valence-electron chi connectivity index (χ2n) is 3.61. The van der Waals surface area contributed by atoms with Gasteiger partial charge in [-0.25, -0.2) is 10.3 Å². The van der Waals surface area contributed by atoms with Crippen LogP contribution in [0.4, 0.5) is 10.1 Å². The molecule has 1 aliphatic heterocycles. The average Bonchev–Trinajstić information content (AvgIpc) is 2.44. The number of rotatable bonds is 2. The molecule has 0 saturated carbocycles. The molecule has 3 nitrogen and oxygen atoms in total. The first-order chi connectivity index (χ1) is 6.72. The van der Waals surface area contributed by atoms with E-state index in [1.807, 2.05) is 7.05 Å². The first-order valence-corrected chi connectivity index (χ1v) is 4.54. The van der Waals surface area contributed by atoms with E-state index < -0.39 is 0 Å². The number of hydrogen-bond donors (Lipinski definition) is 1. The minimum atomic E-state index is -0.207. The van der Waals surface area contributed by atoms with Crippen LogP contribution in [-0.4, -0.2) is 20.2 Å². The van der Waals surface area contributed by atoms with E-state index in [0.29, 0.717) is 6.61 Å². The Hall–Kier alpha value is -1.13. The quantitative estimate of drug-likeness (QED) is 0.723. The Morgan fingerprint density at radius 1 is 1.64 bits per heavy atom. The molecule has 0 amide bonds. The van der Waals surface area contributed by atoms with Crippen LogP contribution in [0.1, 0.15) is 11.5 Å². The van der Waals surface area contributed by atoms with E-state index in [4.69, 9.17) is 5.90 Å². The summed E-state index contributed by atoms with van der Waals surface area (Å²) in [5.41, 5.74) is 2.05. The highest BCUT2D eigenvalue weighted by Crippen LogP contribution is 2.35. The lowest BCUT2D eigenvalue weighted by atomic mass is 10.0. The van der Waals surface area contributed by atoms with Crippen molar-refractivity contribution in [2.75, 3.05) is 25.1 Å². The molecule has 76 valence electrons. The molecule has 1 heterocycles. The Morgan fingerprint density at radius 2 is 2.43 bits per heavy atom. The zero-order chi connectivity index (χ0) is 10.1. The Kier molecular flexibility index (Phi) is 2.39. The SMILES string of the molecule is CN1CC(CON)c2cc(F)ccc21. The smallest absolute Gasteiger partial charge is 0.123 e. The van der Waals surface area contributed by atoms with Crippen molar-refractivity contribution >= 4 is 5.69 Å². The summed E-state index contributed by atoms with van der Waals surface area (Å²) in [6.07, 6.45) is 0. The second kappa shape index (κ2) is 3.55. The molecule has 0 saturated heterocycles. The molecule has 1 aromatic rings. The van der Waals surface area contributed by atoms with E-state index in [0.717, 1.165) is 17.8 Å². The monoisotopic (exact) mass is 196 g/mol. The zero-order valence-electron chi connectivity index (χ0n) is 8.03. The van der Waals surface area contributed by atoms with Gasteiger partial charge in [-0.05, 0) is 23.8 Å². The van der Waals surface area contributed by atoms with Gasteiger partial charge in [0.25, 0.3) is 0 Å². The zero-order valence-corrected chi connectivity index (χ0v) is 8.03. The summed E-state index contributed by atoms with van der Waals surface area (Å²) in [4.78, 5) is 6.70. The molecule has 1 aromatic carbocycles. The van der Waals surface area contributed by atoms with E-state index in [1.165, 1.54) is 6.07 Å². The van der Waals surface area contributed by atoms with E-state index in [1.54, 1.807) is 12.1 Å². The molecule has 0 aromatic heterocycles. The third-order valence-corrected chi connectivity index (χ3v) is 2.63. The van der Waals surface area contributed by atoms with Crippen molar-refractivity contribution in [3.63, 3.8) is 0 Å². The van der Waals surface area contributed by atoms with Crippen LogP contribution in [0, 0.1) is 5.82 Å². The van der Waals surface area contributed by atoms with Gasteiger partial charge in [-0.15, -0.1) is 0 Å². The normalized spacial score (nSPS) is 19.9. The Morgan fingerprint density at radius 3 is 3.14 bits per heavy atom. The van der Waals surface area contributed by atoms with Crippen molar-refractivity contribution in [1.29, 1.82) is 0 Å². The minimum Gasteiger partial charge on any atom is -0.374 e. The molecule has 4 heteroatoms. The summed E-state index contributed by atoms with van der Waals surface area (Å²) in [7, 11) is 1.98. The van der Waals surface area contributed by atoms with Gasteiger partial charge < -0.3 is 9.74 Å². The van der Waals surface area contributed by atoms with Crippen LogP contribution in [0.3, 0.4) is 0 Å². The van der Waals surface area contributed by atoms with Crippen LogP contribution in [0.15, 0.2) is 18.2 Å². The molecular formula is C10H13FN2O. The highest BCUT2D eigenvalue weighted by Gasteiger charge is 2.26. The number of likely N-dealkylation sites (N-methyl/N-ethyl adjacent to an activating group) is 1. The van der Waals surface area contributed by atoms with Crippen LogP contribution in [0.25, 0.3) is 0 Å². The Balaban J connectivity index is 2.35. The number of nitrogens with zero attached hydrogens (tertiary/aromatic N) is 1. The van der Waals surface area contributed by atoms with Gasteiger partial charge >= 0.3 is 0 Å². The first-order valence-electron chi connectivity index (χ1n) is 4.54. The topological polar surface area (TPSA) is 38.5 Å². The molecule has 2 rings (SSSR count). The van der Waals surface area contributed by atoms with Crippen molar-refractivity contribution in [2.45, 2.75) is 5.92 Å². The standard InChI is InChI=1S/C10H13FN2O/c1-13-5-7(6-14-12)9-4-8(11)2-3-10(9)13/h2-4,7H,5-6,12H2,1H3. The molecule has 0 aliphatic carbocycles. The van der Waals surface area contributed by atoms with E-state index >= 15 is 0 Å². The molecule has 2 N–H and O–H groups in total. The van der Waals surface area contributed by atoms with Gasteiger partial charge in [-0.1, -0.05) is 0 Å². The summed E-state index contributed by atoms with van der Waals surface area (Å²) in [5, 5.41) is 0. The van der Waals surface area contributed by atoms with Crippen molar-refractivity contribution in [2.24, 2.45) is 5.90 Å². The summed E-state index contributed by atoms with van der Waals surface area (Å²) < 4.78 is 13.0. The molecule has 1 aliphatic rings. The second-order valence-corrected chi connectivity index (χ2v) is 3.61. The van der Waals surface area contributed by atoms with Crippen LogP contribution < -0.4 is 10.8 Å². The Bertz CT molecular complexity index is 343. The summed E-state index contributed by atoms with van der Waals surface area (Å²) in [5.74, 6) is 5.01. The Labute approximate surface area is 82.2 Å². The molecule has 1 unspecified atom stereocenters. The summed E-state index contributed by atoms with van der Waals surface area (Å²) in [6, 6.07) is 4.82. The molecule has 1 atom stereocenters. The molecule has 14 heavy (non-hydrogen) atoms. The fourth-order valence-electron chi connectivity index (χ4n) is 1.99. The lowest BCUT2D eigenvalue weighted by molar-refractivity contribution is 0.126. The summed E-state index contributed by atoms with van der Waals surface area (Å²) >= 11 is 0. The van der Waals surface area contributed by atoms with Gasteiger partial charge in [-0.2, -0.15) is 0 Å². The van der Waals surface area contributed by atoms with Crippen molar-refractivity contribution in [3.05, 3.63) is 29.6 Å². The van der Waals surface area contributed by atoms with Crippen LogP contribution in [0.2, 0.25) is 0 Å². The van der Waals surface area contributed by atoms with Crippen molar-refractivity contribution < 1.29 is 9.23 Å². The lowest BCUT2D eigenvalue weighted by Gasteiger charge is -2.11. The molecule has 0 fully saturated rings. The number of halogens is 1. The number of nitrogens with two attached hydrogens (primary N) is 1. The maximum atomic E-state index is 13.0. The highest BCUT2D eigenvalue weighted by atomic mass is 19.1. The fraction of sp³-hybridized carbons (Fsp3) is 0.400. The molecule has 0 radical (unpaired) electrons. The number of fused-ring (bicyclic) bond motifs is 1. The maximum Gasteiger partial charge on any atom is 0.123 e. The van der Waals surface area contributed by atoms with E-state index in [9.17, 15) is 4.39 Å². The number of anilines is 1. The van der Waals surface area contributed by atoms with E-state index in [-0.39, 0.29) is 11.7 Å². The van der Waals surface area contributed by atoms with Crippen molar-refractivity contribution in [3.8, 4) is 0 Å². The molecule has 0 spiro atoms. The largest absolute Gasteiger partial charge is 0.374 e. The predicted octanol–water partition coefficient (Wildman–Crippen LogP) is 1.25. The maximum absolute atomic E-state index is 13.0. The van der Waals surface area contributed by atoms with Crippen LogP contribution in [-0.2, 0) is 4.84 Å². The van der Waals surface area contributed by atoms with Gasteiger partial charge in [0.15, 0.2) is 0 Å². The molecular weight excluding hydrogens is 183 g/mol. The average molecular weight is 196 g/mol. The molecule has 0 bridgehead atoms. The third kappa shape index (κ3) is 1.47. The third-order valence-electron chi connectivity index (χ3n) is 2.63. The fourth-order valence-corrected chi connectivity index (χ4v) is 1.99. The van der Waals surface area contributed by atoms with Crippen molar-refractivity contribution in [1.82, 2.24) is 0 Å². The number of hydrogen-bond acceptors (Lipinski definition) is 3. The predicted molar refractivity (Wildman–Crippen MR) is 52.6 cm³/mol. The van der Waals surface area contributed by atoms with Gasteiger partial charge in [0.05, 0.1) is 6.61 Å². The minimum absolute atomic E-state index is 0.177. The van der Waals surface area contributed by atoms with Gasteiger partial charge in [-0.3, -0.25) is 0 Å². The van der Waals surface area contributed by atoms with E-state index in [2.05, 4.69) is 9.74 Å². The highest BCUT2D eigenvalue weighted by molar-refractivity contribution is 5.59.